The molecule has 0 bridgehead atoms. The van der Waals surface area contributed by atoms with Crippen molar-refractivity contribution >= 4 is 17.6 Å². The molecule has 1 aromatic rings. The van der Waals surface area contributed by atoms with Crippen molar-refractivity contribution in [3.63, 3.8) is 0 Å². The maximum atomic E-state index is 11.1. The Labute approximate surface area is 139 Å². The van der Waals surface area contributed by atoms with Gasteiger partial charge in [-0.2, -0.15) is 0 Å². The molecular weight excluding hydrogens is 296 g/mol. The minimum atomic E-state index is -0.305. The van der Waals surface area contributed by atoms with Crippen LogP contribution in [0.15, 0.2) is 48.1 Å². The van der Waals surface area contributed by atoms with E-state index in [-0.39, 0.29) is 11.6 Å². The van der Waals surface area contributed by atoms with Gasteiger partial charge < -0.3 is 4.74 Å². The first-order chi connectivity index (χ1) is 10.1. The van der Waals surface area contributed by atoms with Crippen LogP contribution in [-0.4, -0.2) is 11.6 Å². The minimum absolute atomic E-state index is 0.168. The number of cyclic esters (lactones) is 1. The van der Waals surface area contributed by atoms with Crippen molar-refractivity contribution < 1.29 is 9.53 Å². The lowest BCUT2D eigenvalue weighted by Gasteiger charge is -2.30. The molecule has 1 aromatic carbocycles. The third-order valence-corrected chi connectivity index (χ3v) is 3.27. The van der Waals surface area contributed by atoms with Crippen LogP contribution in [0.2, 0.25) is 5.02 Å². The van der Waals surface area contributed by atoms with E-state index in [4.69, 9.17) is 16.3 Å². The first-order valence-electron chi connectivity index (χ1n) is 7.32. The van der Waals surface area contributed by atoms with Crippen molar-refractivity contribution in [1.82, 2.24) is 0 Å². The highest BCUT2D eigenvalue weighted by atomic mass is 35.5. The maximum Gasteiger partial charge on any atom is 0.334 e. The Morgan fingerprint density at radius 2 is 1.64 bits per heavy atom. The average Bonchev–Trinajstić information content (AvgIpc) is 2.40. The summed E-state index contributed by atoms with van der Waals surface area (Å²) in [5.41, 5.74) is 2.85. The number of rotatable bonds is 0. The Morgan fingerprint density at radius 1 is 1.18 bits per heavy atom. The van der Waals surface area contributed by atoms with Crippen LogP contribution in [0.1, 0.15) is 46.6 Å². The van der Waals surface area contributed by atoms with Crippen molar-refractivity contribution in [3.8, 4) is 0 Å². The summed E-state index contributed by atoms with van der Waals surface area (Å²) in [6, 6.07) is 7.75. The topological polar surface area (TPSA) is 26.3 Å². The van der Waals surface area contributed by atoms with Crippen molar-refractivity contribution in [2.24, 2.45) is 0 Å². The summed E-state index contributed by atoms with van der Waals surface area (Å²) in [5.74, 6) is -0.168. The molecule has 2 rings (SSSR count). The van der Waals surface area contributed by atoms with Crippen LogP contribution in [0.5, 0.6) is 0 Å². The second-order valence-corrected chi connectivity index (χ2v) is 6.37. The summed E-state index contributed by atoms with van der Waals surface area (Å²) in [5, 5.41) is 0.801. The molecule has 0 spiro atoms. The molecule has 0 fully saturated rings. The van der Waals surface area contributed by atoms with Gasteiger partial charge in [-0.15, -0.1) is 6.58 Å². The number of aryl methyl sites for hydroxylation is 1. The smallest absolute Gasteiger partial charge is 0.334 e. The van der Waals surface area contributed by atoms with Gasteiger partial charge in [0.05, 0.1) is 0 Å². The second-order valence-electron chi connectivity index (χ2n) is 5.94. The molecular formula is C19H27ClO2. The van der Waals surface area contributed by atoms with E-state index in [1.165, 1.54) is 5.56 Å². The largest absolute Gasteiger partial charge is 0.456 e. The summed E-state index contributed by atoms with van der Waals surface area (Å²) in [6.07, 6.45) is 2.60. The van der Waals surface area contributed by atoms with Crippen LogP contribution in [-0.2, 0) is 9.53 Å². The van der Waals surface area contributed by atoms with Gasteiger partial charge in [-0.05, 0) is 53.7 Å². The van der Waals surface area contributed by atoms with Gasteiger partial charge in [0.15, 0.2) is 0 Å². The van der Waals surface area contributed by atoms with Crippen LogP contribution >= 0.6 is 11.6 Å². The number of carbonyl (C=O) groups excluding carboxylic acids is 1. The molecule has 1 heterocycles. The molecule has 0 aliphatic carbocycles. The first kappa shape index (κ1) is 20.5. The van der Waals surface area contributed by atoms with E-state index in [1.807, 2.05) is 65.8 Å². The zero-order valence-electron chi connectivity index (χ0n) is 14.5. The van der Waals surface area contributed by atoms with Gasteiger partial charge in [0, 0.05) is 17.0 Å². The Hall–Kier alpha value is -1.54. The fraction of sp³-hybridized carbons (Fsp3) is 0.421. The maximum absolute atomic E-state index is 11.1. The molecule has 0 saturated carbocycles. The number of carbonyl (C=O) groups is 1. The molecule has 122 valence electrons. The lowest BCUT2D eigenvalue weighted by molar-refractivity contribution is -0.153. The molecule has 0 amide bonds. The van der Waals surface area contributed by atoms with Gasteiger partial charge in [-0.25, -0.2) is 4.79 Å². The number of ether oxygens (including phenoxy) is 1. The predicted molar refractivity (Wildman–Crippen MR) is 95.2 cm³/mol. The quantitative estimate of drug-likeness (QED) is 0.440. The van der Waals surface area contributed by atoms with Gasteiger partial charge in [0.25, 0.3) is 0 Å². The molecule has 3 heteroatoms. The normalized spacial score (nSPS) is 15.7. The highest BCUT2D eigenvalue weighted by molar-refractivity contribution is 6.30. The molecule has 0 saturated heterocycles. The summed E-state index contributed by atoms with van der Waals surface area (Å²) in [6.45, 7) is 14.9. The number of hydrogen-bond acceptors (Lipinski definition) is 2. The molecule has 1 aliphatic rings. The molecule has 2 nitrogen and oxygen atoms in total. The van der Waals surface area contributed by atoms with Crippen molar-refractivity contribution in [3.05, 3.63) is 58.7 Å². The minimum Gasteiger partial charge on any atom is -0.456 e. The van der Waals surface area contributed by atoms with E-state index < -0.39 is 0 Å². The second kappa shape index (κ2) is 9.47. The fourth-order valence-corrected chi connectivity index (χ4v) is 1.97. The van der Waals surface area contributed by atoms with E-state index in [1.54, 1.807) is 6.08 Å². The number of allylic oxidation sites excluding steroid dienone is 1. The van der Waals surface area contributed by atoms with Gasteiger partial charge in [-0.1, -0.05) is 40.9 Å². The monoisotopic (exact) mass is 322 g/mol. The molecule has 0 aromatic heterocycles. The number of benzene rings is 1. The summed E-state index contributed by atoms with van der Waals surface area (Å²) >= 11 is 5.61. The summed E-state index contributed by atoms with van der Waals surface area (Å²) < 4.78 is 5.16. The zero-order chi connectivity index (χ0) is 17.3. The predicted octanol–water partition coefficient (Wildman–Crippen LogP) is 5.89. The average molecular weight is 323 g/mol. The Balaban J connectivity index is 0.000000352. The van der Waals surface area contributed by atoms with Crippen molar-refractivity contribution in [1.29, 1.82) is 0 Å². The standard InChI is InChI=1S/C9H14O2.C7H7Cl.C3H6/c1-6-5-9(3,4)11-8(10)7(6)2;1-6-2-4-7(8)5-3-6;1-3-2/h5H2,1-4H3;2-5H,1H3;3H,1H2,2H3. The molecule has 1 aliphatic heterocycles. The third kappa shape index (κ3) is 8.04. The lowest BCUT2D eigenvalue weighted by atomic mass is 9.93. The van der Waals surface area contributed by atoms with Crippen LogP contribution in [0.4, 0.5) is 0 Å². The highest BCUT2D eigenvalue weighted by Crippen LogP contribution is 2.28. The van der Waals surface area contributed by atoms with Gasteiger partial charge in [-0.3, -0.25) is 0 Å². The van der Waals surface area contributed by atoms with E-state index >= 15 is 0 Å². The molecule has 0 N–H and O–H groups in total. The van der Waals surface area contributed by atoms with E-state index in [9.17, 15) is 4.79 Å². The van der Waals surface area contributed by atoms with Gasteiger partial charge in [0.1, 0.15) is 5.60 Å². The summed E-state index contributed by atoms with van der Waals surface area (Å²) in [4.78, 5) is 11.1. The highest BCUT2D eigenvalue weighted by Gasteiger charge is 2.30. The molecule has 0 radical (unpaired) electrons. The molecule has 22 heavy (non-hydrogen) atoms. The van der Waals surface area contributed by atoms with Gasteiger partial charge >= 0.3 is 5.97 Å². The summed E-state index contributed by atoms with van der Waals surface area (Å²) in [7, 11) is 0. The van der Waals surface area contributed by atoms with Crippen LogP contribution < -0.4 is 0 Å². The SMILES string of the molecule is C=CC.CC1=C(C)C(=O)OC(C)(C)C1.Cc1ccc(Cl)cc1. The third-order valence-electron chi connectivity index (χ3n) is 3.02. The number of halogens is 1. The van der Waals surface area contributed by atoms with E-state index in [0.717, 1.165) is 22.6 Å². The Morgan fingerprint density at radius 3 is 2.00 bits per heavy atom. The molecule has 0 atom stereocenters. The number of hydrogen-bond donors (Lipinski definition) is 0. The lowest BCUT2D eigenvalue weighted by Crippen LogP contribution is -2.33. The van der Waals surface area contributed by atoms with Crippen LogP contribution in [0.25, 0.3) is 0 Å². The first-order valence-corrected chi connectivity index (χ1v) is 7.69. The van der Waals surface area contributed by atoms with E-state index in [0.29, 0.717) is 0 Å². The van der Waals surface area contributed by atoms with Crippen molar-refractivity contribution in [2.45, 2.75) is 53.6 Å². The van der Waals surface area contributed by atoms with E-state index in [2.05, 4.69) is 6.58 Å². The van der Waals surface area contributed by atoms with Gasteiger partial charge in [0.2, 0.25) is 0 Å². The van der Waals surface area contributed by atoms with Crippen molar-refractivity contribution in [2.75, 3.05) is 0 Å². The van der Waals surface area contributed by atoms with Crippen LogP contribution in [0.3, 0.4) is 0 Å². The molecule has 0 unspecified atom stereocenters. The Kier molecular flexibility index (Phi) is 8.81. The van der Waals surface area contributed by atoms with Crippen LogP contribution in [0, 0.1) is 6.92 Å². The number of esters is 1. The zero-order valence-corrected chi connectivity index (χ0v) is 15.3. The fourth-order valence-electron chi connectivity index (χ4n) is 1.84. The Bertz CT molecular complexity index is 504.